The normalized spacial score (nSPS) is 15.7. The number of aryl methyl sites for hydroxylation is 2. The van der Waals surface area contributed by atoms with E-state index in [9.17, 15) is 13.3 Å². The van der Waals surface area contributed by atoms with E-state index >= 15 is 0 Å². The highest BCUT2D eigenvalue weighted by Crippen LogP contribution is 2.37. The molecule has 1 N–H and O–H groups in total. The molecule has 27 heavy (non-hydrogen) atoms. The Morgan fingerprint density at radius 3 is 2.26 bits per heavy atom. The second-order valence-corrected chi connectivity index (χ2v) is 9.73. The summed E-state index contributed by atoms with van der Waals surface area (Å²) in [5.41, 5.74) is 2.58. The summed E-state index contributed by atoms with van der Waals surface area (Å²) < 4.78 is 28.7. The van der Waals surface area contributed by atoms with Crippen molar-refractivity contribution in [1.29, 1.82) is 0 Å². The third kappa shape index (κ3) is 4.57. The summed E-state index contributed by atoms with van der Waals surface area (Å²) in [6, 6.07) is 11.0. The van der Waals surface area contributed by atoms with Gasteiger partial charge in [0, 0.05) is 57.8 Å². The first kappa shape index (κ1) is 20.0. The Morgan fingerprint density at radius 2 is 1.67 bits per heavy atom. The number of nitrogens with zero attached hydrogens (tertiary/aromatic N) is 2. The Labute approximate surface area is 164 Å². The first-order chi connectivity index (χ1) is 12.8. The van der Waals surface area contributed by atoms with Crippen LogP contribution in [0.4, 0.5) is 5.69 Å². The van der Waals surface area contributed by atoms with Crippen LogP contribution in [-0.4, -0.2) is 50.7 Å². The fourth-order valence-electron chi connectivity index (χ4n) is 3.12. The van der Waals surface area contributed by atoms with Gasteiger partial charge < -0.3 is 5.32 Å². The molecule has 3 rings (SSSR count). The van der Waals surface area contributed by atoms with Gasteiger partial charge in [-0.2, -0.15) is 4.31 Å². The van der Waals surface area contributed by atoms with E-state index < -0.39 is 10.0 Å². The number of sulfonamides is 1. The SMILES string of the molecule is Cc1cc(C)cc(Sc2ccc([N+](C)=O)cc2S(=O)(=O)N2CCNCC2)c1. The summed E-state index contributed by atoms with van der Waals surface area (Å²) in [7, 11) is -2.31. The van der Waals surface area contributed by atoms with Crippen LogP contribution in [0.3, 0.4) is 0 Å². The summed E-state index contributed by atoms with van der Waals surface area (Å²) in [4.78, 5) is 13.5. The maximum absolute atomic E-state index is 13.3. The summed E-state index contributed by atoms with van der Waals surface area (Å²) in [5.74, 6) is 0. The lowest BCUT2D eigenvalue weighted by Crippen LogP contribution is -2.46. The van der Waals surface area contributed by atoms with Crippen LogP contribution in [0.5, 0.6) is 0 Å². The number of hydrogen-bond acceptors (Lipinski definition) is 5. The van der Waals surface area contributed by atoms with Gasteiger partial charge in [0.25, 0.3) is 5.69 Å². The molecule has 0 unspecified atom stereocenters. The van der Waals surface area contributed by atoms with E-state index in [1.54, 1.807) is 12.1 Å². The van der Waals surface area contributed by atoms with E-state index in [0.29, 0.717) is 41.5 Å². The average Bonchev–Trinajstić information content (AvgIpc) is 2.61. The molecule has 0 saturated carbocycles. The first-order valence-corrected chi connectivity index (χ1v) is 11.0. The molecule has 2 aromatic rings. The van der Waals surface area contributed by atoms with Crippen LogP contribution >= 0.6 is 11.8 Å². The monoisotopic (exact) mass is 406 g/mol. The van der Waals surface area contributed by atoms with Crippen LogP contribution in [0.1, 0.15) is 11.1 Å². The zero-order chi connectivity index (χ0) is 19.6. The lowest BCUT2D eigenvalue weighted by molar-refractivity contribution is -0.428. The number of benzene rings is 2. The summed E-state index contributed by atoms with van der Waals surface area (Å²) in [6.07, 6.45) is 0. The number of piperazine rings is 1. The quantitative estimate of drug-likeness (QED) is 0.773. The third-order valence-electron chi connectivity index (χ3n) is 4.41. The second-order valence-electron chi connectivity index (χ2n) is 6.71. The molecule has 1 saturated heterocycles. The summed E-state index contributed by atoms with van der Waals surface area (Å²) in [6.45, 7) is 6.14. The fraction of sp³-hybridized carbons (Fsp3) is 0.368. The van der Waals surface area contributed by atoms with E-state index in [4.69, 9.17) is 0 Å². The van der Waals surface area contributed by atoms with Crippen LogP contribution in [0.25, 0.3) is 0 Å². The molecule has 1 aliphatic rings. The van der Waals surface area contributed by atoms with Crippen molar-refractivity contribution >= 4 is 27.5 Å². The topological polar surface area (TPSA) is 69.5 Å². The molecule has 6 nitrogen and oxygen atoms in total. The maximum Gasteiger partial charge on any atom is 0.257 e. The molecule has 8 heteroatoms. The zero-order valence-electron chi connectivity index (χ0n) is 15.7. The average molecular weight is 407 g/mol. The Balaban J connectivity index is 2.06. The molecule has 1 aliphatic heterocycles. The summed E-state index contributed by atoms with van der Waals surface area (Å²) >= 11 is 1.41. The van der Waals surface area contributed by atoms with Crippen molar-refractivity contribution in [1.82, 2.24) is 9.62 Å². The highest BCUT2D eigenvalue weighted by molar-refractivity contribution is 8.00. The van der Waals surface area contributed by atoms with Crippen molar-refractivity contribution in [2.75, 3.05) is 33.2 Å². The van der Waals surface area contributed by atoms with Gasteiger partial charge in [0.15, 0.2) is 7.05 Å². The van der Waals surface area contributed by atoms with Gasteiger partial charge in [0.2, 0.25) is 10.0 Å². The molecule has 1 heterocycles. The molecule has 0 bridgehead atoms. The predicted octanol–water partition coefficient (Wildman–Crippen LogP) is 3.09. The lowest BCUT2D eigenvalue weighted by Gasteiger charge is -2.27. The van der Waals surface area contributed by atoms with E-state index in [-0.39, 0.29) is 4.90 Å². The van der Waals surface area contributed by atoms with Crippen LogP contribution in [0.2, 0.25) is 0 Å². The smallest absolute Gasteiger partial charge is 0.257 e. The fourth-order valence-corrected chi connectivity index (χ4v) is 6.13. The van der Waals surface area contributed by atoms with Gasteiger partial charge in [-0.3, -0.25) is 0 Å². The molecule has 144 valence electrons. The first-order valence-electron chi connectivity index (χ1n) is 8.79. The van der Waals surface area contributed by atoms with Gasteiger partial charge in [0.05, 0.1) is 0 Å². The van der Waals surface area contributed by atoms with Crippen molar-refractivity contribution in [3.8, 4) is 0 Å². The van der Waals surface area contributed by atoms with E-state index in [1.165, 1.54) is 29.2 Å². The Kier molecular flexibility index (Phi) is 6.00. The number of rotatable bonds is 5. The van der Waals surface area contributed by atoms with Gasteiger partial charge >= 0.3 is 0 Å². The Morgan fingerprint density at radius 1 is 1.04 bits per heavy atom. The van der Waals surface area contributed by atoms with Gasteiger partial charge in [-0.05, 0) is 43.2 Å². The highest BCUT2D eigenvalue weighted by atomic mass is 32.2. The molecule has 0 atom stereocenters. The van der Waals surface area contributed by atoms with Crippen LogP contribution in [-0.2, 0) is 10.0 Å². The minimum Gasteiger partial charge on any atom is -0.314 e. The third-order valence-corrected chi connectivity index (χ3v) is 7.52. The highest BCUT2D eigenvalue weighted by Gasteiger charge is 2.30. The Bertz CT molecular complexity index is 948. The minimum absolute atomic E-state index is 0.189. The summed E-state index contributed by atoms with van der Waals surface area (Å²) in [5, 5.41) is 3.17. The molecule has 0 amide bonds. The van der Waals surface area contributed by atoms with Gasteiger partial charge in [-0.25, -0.2) is 8.42 Å². The molecule has 0 aromatic heterocycles. The molecule has 0 aliphatic carbocycles. The van der Waals surface area contributed by atoms with E-state index in [0.717, 1.165) is 16.0 Å². The van der Waals surface area contributed by atoms with E-state index in [2.05, 4.69) is 11.4 Å². The van der Waals surface area contributed by atoms with Crippen LogP contribution in [0.15, 0.2) is 51.1 Å². The lowest BCUT2D eigenvalue weighted by atomic mass is 10.2. The standard InChI is InChI=1S/C19H24N3O3S2/c1-14-10-15(2)12-17(11-14)26-18-5-4-16(21(3)23)13-19(18)27(24,25)22-8-6-20-7-9-22/h4-5,10-13,20H,6-9H2,1-3H3/q+1. The predicted molar refractivity (Wildman–Crippen MR) is 107 cm³/mol. The maximum atomic E-state index is 13.3. The second kappa shape index (κ2) is 8.10. The van der Waals surface area contributed by atoms with Crippen molar-refractivity contribution in [2.24, 2.45) is 0 Å². The number of hydrogen-bond donors (Lipinski definition) is 1. The molecule has 0 spiro atoms. The largest absolute Gasteiger partial charge is 0.314 e. The van der Waals surface area contributed by atoms with Crippen molar-refractivity contribution in [3.05, 3.63) is 52.4 Å². The Hall–Kier alpha value is -1.74. The van der Waals surface area contributed by atoms with Crippen molar-refractivity contribution in [2.45, 2.75) is 28.5 Å². The van der Waals surface area contributed by atoms with Gasteiger partial charge in [-0.1, -0.05) is 17.8 Å². The zero-order valence-corrected chi connectivity index (χ0v) is 17.4. The molecule has 0 radical (unpaired) electrons. The molecular formula is C19H24N3O3S2+. The van der Waals surface area contributed by atoms with Crippen molar-refractivity contribution in [3.63, 3.8) is 0 Å². The van der Waals surface area contributed by atoms with E-state index in [1.807, 2.05) is 26.0 Å². The van der Waals surface area contributed by atoms with Gasteiger partial charge in [0.1, 0.15) is 4.90 Å². The molecule has 2 aromatic carbocycles. The number of nitroso groups, excluding NO2 is 1. The van der Waals surface area contributed by atoms with Crippen LogP contribution < -0.4 is 5.32 Å². The minimum atomic E-state index is -3.68. The molecular weight excluding hydrogens is 382 g/mol. The van der Waals surface area contributed by atoms with Crippen molar-refractivity contribution < 1.29 is 13.2 Å². The van der Waals surface area contributed by atoms with Gasteiger partial charge in [-0.15, -0.1) is 0 Å². The number of nitrogens with one attached hydrogen (secondary N) is 1. The molecule has 1 fully saturated rings. The van der Waals surface area contributed by atoms with Crippen LogP contribution in [0, 0.1) is 18.8 Å².